The normalized spacial score (nSPS) is 13.3. The highest BCUT2D eigenvalue weighted by molar-refractivity contribution is 5.80. The van der Waals surface area contributed by atoms with E-state index in [9.17, 15) is 20.0 Å². The van der Waals surface area contributed by atoms with Crippen LogP contribution in [0.1, 0.15) is 38.9 Å². The Labute approximate surface area is 123 Å². The lowest BCUT2D eigenvalue weighted by Gasteiger charge is -2.18. The van der Waals surface area contributed by atoms with Gasteiger partial charge < -0.3 is 15.2 Å². The van der Waals surface area contributed by atoms with E-state index >= 15 is 0 Å². The molecule has 116 valence electrons. The highest BCUT2D eigenvalue weighted by atomic mass is 16.6. The molecule has 7 heteroatoms. The third-order valence-electron chi connectivity index (χ3n) is 2.88. The lowest BCUT2D eigenvalue weighted by Crippen LogP contribution is -2.36. The summed E-state index contributed by atoms with van der Waals surface area (Å²) in [6.07, 6.45) is -0.879. The van der Waals surface area contributed by atoms with Crippen LogP contribution in [0.3, 0.4) is 0 Å². The molecule has 1 aromatic carbocycles. The van der Waals surface area contributed by atoms with Gasteiger partial charge in [-0.3, -0.25) is 14.9 Å². The Kier molecular flexibility index (Phi) is 6.10. The number of hydrogen-bond donors (Lipinski definition) is 2. The number of nitrogens with zero attached hydrogens (tertiary/aromatic N) is 1. The third-order valence-corrected chi connectivity index (χ3v) is 2.88. The molecule has 0 aliphatic heterocycles. The van der Waals surface area contributed by atoms with E-state index in [0.717, 1.165) is 6.42 Å². The first-order valence-electron chi connectivity index (χ1n) is 6.77. The van der Waals surface area contributed by atoms with Gasteiger partial charge in [-0.15, -0.1) is 0 Å². The maximum Gasteiger partial charge on any atom is 0.270 e. The Morgan fingerprint density at radius 3 is 2.67 bits per heavy atom. The predicted molar refractivity (Wildman–Crippen MR) is 77.1 cm³/mol. The molecule has 1 unspecified atom stereocenters. The summed E-state index contributed by atoms with van der Waals surface area (Å²) in [7, 11) is 0. The van der Waals surface area contributed by atoms with Crippen molar-refractivity contribution in [1.82, 2.24) is 5.32 Å². The van der Waals surface area contributed by atoms with Gasteiger partial charge in [0, 0.05) is 24.2 Å². The van der Waals surface area contributed by atoms with Gasteiger partial charge in [0.15, 0.2) is 6.10 Å². The quantitative estimate of drug-likeness (QED) is 0.591. The van der Waals surface area contributed by atoms with Crippen LogP contribution >= 0.6 is 0 Å². The van der Waals surface area contributed by atoms with Gasteiger partial charge in [0.1, 0.15) is 5.75 Å². The molecular formula is C14H20N2O5. The van der Waals surface area contributed by atoms with Crippen LogP contribution in [0, 0.1) is 10.1 Å². The van der Waals surface area contributed by atoms with E-state index in [-0.39, 0.29) is 22.9 Å². The van der Waals surface area contributed by atoms with Gasteiger partial charge in [-0.25, -0.2) is 0 Å². The Morgan fingerprint density at radius 2 is 2.14 bits per heavy atom. The minimum atomic E-state index is -0.939. The van der Waals surface area contributed by atoms with Gasteiger partial charge in [0.25, 0.3) is 11.6 Å². The van der Waals surface area contributed by atoms with Crippen molar-refractivity contribution in [3.63, 3.8) is 0 Å². The molecule has 2 N–H and O–H groups in total. The number of hydrogen-bond acceptors (Lipinski definition) is 5. The van der Waals surface area contributed by atoms with Gasteiger partial charge in [-0.2, -0.15) is 0 Å². The van der Waals surface area contributed by atoms with Crippen molar-refractivity contribution in [1.29, 1.82) is 0 Å². The summed E-state index contributed by atoms with van der Waals surface area (Å²) in [5.41, 5.74) is 0.140. The zero-order valence-electron chi connectivity index (χ0n) is 12.3. The van der Waals surface area contributed by atoms with Crippen molar-refractivity contribution >= 4 is 11.6 Å². The van der Waals surface area contributed by atoms with Crippen molar-refractivity contribution < 1.29 is 19.6 Å². The van der Waals surface area contributed by atoms with E-state index in [0.29, 0.717) is 6.54 Å². The summed E-state index contributed by atoms with van der Waals surface area (Å²) in [5, 5.41) is 23.2. The van der Waals surface area contributed by atoms with Crippen molar-refractivity contribution in [2.45, 2.75) is 39.4 Å². The van der Waals surface area contributed by atoms with Crippen molar-refractivity contribution in [3.05, 3.63) is 33.9 Å². The molecule has 0 radical (unpaired) electrons. The molecule has 21 heavy (non-hydrogen) atoms. The Hall–Kier alpha value is -2.15. The van der Waals surface area contributed by atoms with Crippen LogP contribution in [0.2, 0.25) is 0 Å². The van der Waals surface area contributed by atoms with E-state index in [2.05, 4.69) is 5.32 Å². The van der Waals surface area contributed by atoms with Crippen LogP contribution in [0.4, 0.5) is 5.69 Å². The second-order valence-electron chi connectivity index (χ2n) is 4.71. The first-order valence-corrected chi connectivity index (χ1v) is 6.77. The van der Waals surface area contributed by atoms with Gasteiger partial charge in [0.05, 0.1) is 11.0 Å². The van der Waals surface area contributed by atoms with Crippen LogP contribution < -0.4 is 10.1 Å². The van der Waals surface area contributed by atoms with E-state index < -0.39 is 17.1 Å². The summed E-state index contributed by atoms with van der Waals surface area (Å²) >= 11 is 0. The van der Waals surface area contributed by atoms with Crippen LogP contribution in [-0.4, -0.2) is 28.6 Å². The summed E-state index contributed by atoms with van der Waals surface area (Å²) in [6, 6.07) is 3.92. The highest BCUT2D eigenvalue weighted by Crippen LogP contribution is 2.30. The molecule has 0 aromatic heterocycles. The Bertz CT molecular complexity index is 516. The van der Waals surface area contributed by atoms with Crippen LogP contribution in [0.5, 0.6) is 5.75 Å². The zero-order valence-corrected chi connectivity index (χ0v) is 12.3. The Morgan fingerprint density at radius 1 is 1.48 bits per heavy atom. The number of rotatable bonds is 7. The molecular weight excluding hydrogens is 276 g/mol. The standard InChI is InChI=1S/C14H20N2O5/c1-4-7-15-14(18)10(3)21-13-6-5-11(16(19)20)8-12(13)9(2)17/h5-6,8-10,17H,4,7H2,1-3H3,(H,15,18)/t9-,10?/m1/s1. The fourth-order valence-electron chi connectivity index (χ4n) is 1.72. The molecule has 0 spiro atoms. The van der Waals surface area contributed by atoms with Gasteiger partial charge >= 0.3 is 0 Å². The average Bonchev–Trinajstić information content (AvgIpc) is 2.44. The molecule has 0 saturated heterocycles. The molecule has 1 amide bonds. The molecule has 2 atom stereocenters. The molecule has 7 nitrogen and oxygen atoms in total. The SMILES string of the molecule is CCCNC(=O)C(C)Oc1ccc([N+](=O)[O-])cc1[C@@H](C)O. The van der Waals surface area contributed by atoms with Crippen molar-refractivity contribution in [3.8, 4) is 5.75 Å². The fourth-order valence-corrected chi connectivity index (χ4v) is 1.72. The first kappa shape index (κ1) is 16.9. The van der Waals surface area contributed by atoms with Gasteiger partial charge in [-0.1, -0.05) is 6.92 Å². The lowest BCUT2D eigenvalue weighted by atomic mass is 10.1. The number of ether oxygens (including phenoxy) is 1. The summed E-state index contributed by atoms with van der Waals surface area (Å²) in [6.45, 7) is 5.55. The number of nitro benzene ring substituents is 1. The summed E-state index contributed by atoms with van der Waals surface area (Å²) in [4.78, 5) is 22.0. The number of amides is 1. The fraction of sp³-hybridized carbons (Fsp3) is 0.500. The maximum atomic E-state index is 11.8. The Balaban J connectivity index is 2.92. The maximum absolute atomic E-state index is 11.8. The molecule has 1 rings (SSSR count). The minimum absolute atomic E-state index is 0.138. The summed E-state index contributed by atoms with van der Waals surface area (Å²) in [5.74, 6) is -0.0125. The molecule has 0 heterocycles. The number of aliphatic hydroxyl groups is 1. The van der Waals surface area contributed by atoms with E-state index in [1.165, 1.54) is 25.1 Å². The lowest BCUT2D eigenvalue weighted by molar-refractivity contribution is -0.385. The van der Waals surface area contributed by atoms with Crippen LogP contribution in [-0.2, 0) is 4.79 Å². The topological polar surface area (TPSA) is 102 Å². The number of nitrogens with one attached hydrogen (secondary N) is 1. The molecule has 0 aliphatic carbocycles. The predicted octanol–water partition coefficient (Wildman–Crippen LogP) is 1.94. The first-order chi connectivity index (χ1) is 9.86. The number of benzene rings is 1. The molecule has 1 aromatic rings. The van der Waals surface area contributed by atoms with Crippen molar-refractivity contribution in [2.24, 2.45) is 0 Å². The smallest absolute Gasteiger partial charge is 0.270 e. The van der Waals surface area contributed by atoms with Crippen molar-refractivity contribution in [2.75, 3.05) is 6.54 Å². The second kappa shape index (κ2) is 7.58. The largest absolute Gasteiger partial charge is 0.481 e. The minimum Gasteiger partial charge on any atom is -0.481 e. The van der Waals surface area contributed by atoms with Crippen LogP contribution in [0.15, 0.2) is 18.2 Å². The third kappa shape index (κ3) is 4.71. The molecule has 0 aliphatic rings. The average molecular weight is 296 g/mol. The van der Waals surface area contributed by atoms with E-state index in [1.54, 1.807) is 6.92 Å². The zero-order chi connectivity index (χ0) is 16.0. The number of non-ortho nitro benzene ring substituents is 1. The van der Waals surface area contributed by atoms with E-state index in [4.69, 9.17) is 4.74 Å². The molecule has 0 fully saturated rings. The number of nitro groups is 1. The van der Waals surface area contributed by atoms with E-state index in [1.807, 2.05) is 6.92 Å². The van der Waals surface area contributed by atoms with Gasteiger partial charge in [0.2, 0.25) is 0 Å². The summed E-state index contributed by atoms with van der Waals surface area (Å²) < 4.78 is 5.51. The number of carbonyl (C=O) groups is 1. The monoisotopic (exact) mass is 296 g/mol. The highest BCUT2D eigenvalue weighted by Gasteiger charge is 2.20. The van der Waals surface area contributed by atoms with Gasteiger partial charge in [-0.05, 0) is 26.3 Å². The number of carbonyl (C=O) groups excluding carboxylic acids is 1. The number of aliphatic hydroxyl groups excluding tert-OH is 1. The second-order valence-corrected chi connectivity index (χ2v) is 4.71. The molecule has 0 bridgehead atoms. The van der Waals surface area contributed by atoms with Crippen LogP contribution in [0.25, 0.3) is 0 Å². The molecule has 0 saturated carbocycles.